The van der Waals surface area contributed by atoms with E-state index in [9.17, 15) is 4.79 Å². The van der Waals surface area contributed by atoms with E-state index in [4.69, 9.17) is 4.74 Å². The number of carbonyl (C=O) groups excluding carboxylic acids is 1. The summed E-state index contributed by atoms with van der Waals surface area (Å²) in [5.74, 6) is 0.783. The highest BCUT2D eigenvalue weighted by Gasteiger charge is 2.05. The van der Waals surface area contributed by atoms with Crippen LogP contribution >= 0.6 is 0 Å². The third kappa shape index (κ3) is 4.24. The second-order valence-corrected chi connectivity index (χ2v) is 4.67. The number of aryl methyl sites for hydroxylation is 1. The first-order chi connectivity index (χ1) is 10.2. The number of nitrogens with one attached hydrogen (secondary N) is 2. The monoisotopic (exact) mass is 284 g/mol. The van der Waals surface area contributed by atoms with Crippen LogP contribution in [0.1, 0.15) is 18.1 Å². The molecule has 0 radical (unpaired) electrons. The molecule has 4 nitrogen and oxygen atoms in total. The normalized spacial score (nSPS) is 10.0. The van der Waals surface area contributed by atoms with E-state index in [0.717, 1.165) is 29.0 Å². The van der Waals surface area contributed by atoms with Gasteiger partial charge in [0.25, 0.3) is 0 Å². The maximum Gasteiger partial charge on any atom is 0.319 e. The molecule has 2 aromatic rings. The molecule has 2 aromatic carbocycles. The van der Waals surface area contributed by atoms with Crippen molar-refractivity contribution in [2.24, 2.45) is 0 Å². The smallest absolute Gasteiger partial charge is 0.319 e. The van der Waals surface area contributed by atoms with E-state index in [2.05, 4.69) is 17.6 Å². The van der Waals surface area contributed by atoms with Gasteiger partial charge >= 0.3 is 6.03 Å². The fourth-order valence-corrected chi connectivity index (χ4v) is 2.08. The number of ether oxygens (including phenoxy) is 1. The molecule has 0 bridgehead atoms. The number of anilines is 1. The van der Waals surface area contributed by atoms with Gasteiger partial charge in [-0.25, -0.2) is 4.79 Å². The molecule has 0 aliphatic heterocycles. The fraction of sp³-hybridized carbons (Fsp3) is 0.235. The Bertz CT molecular complexity index is 611. The summed E-state index contributed by atoms with van der Waals surface area (Å²) < 4.78 is 5.16. The number of para-hydroxylation sites is 1. The van der Waals surface area contributed by atoms with Gasteiger partial charge in [-0.2, -0.15) is 0 Å². The third-order valence-electron chi connectivity index (χ3n) is 3.23. The molecular weight excluding hydrogens is 264 g/mol. The summed E-state index contributed by atoms with van der Waals surface area (Å²) in [5.41, 5.74) is 2.96. The largest absolute Gasteiger partial charge is 0.497 e. The highest BCUT2D eigenvalue weighted by Crippen LogP contribution is 2.15. The zero-order chi connectivity index (χ0) is 15.1. The lowest BCUT2D eigenvalue weighted by atomic mass is 10.1. The summed E-state index contributed by atoms with van der Waals surface area (Å²) >= 11 is 0. The van der Waals surface area contributed by atoms with Gasteiger partial charge in [0.05, 0.1) is 7.11 Å². The van der Waals surface area contributed by atoms with Crippen LogP contribution in [0.25, 0.3) is 0 Å². The highest BCUT2D eigenvalue weighted by atomic mass is 16.5. The maximum atomic E-state index is 12.0. The van der Waals surface area contributed by atoms with Gasteiger partial charge in [0.15, 0.2) is 0 Å². The Balaban J connectivity index is 1.92. The number of rotatable bonds is 5. The summed E-state index contributed by atoms with van der Waals surface area (Å²) in [6.45, 7) is 2.52. The second kappa shape index (κ2) is 7.33. The van der Waals surface area contributed by atoms with Gasteiger partial charge in [-0.1, -0.05) is 37.3 Å². The van der Waals surface area contributed by atoms with Crippen molar-refractivity contribution in [1.29, 1.82) is 0 Å². The lowest BCUT2D eigenvalue weighted by Gasteiger charge is -2.11. The average Bonchev–Trinajstić information content (AvgIpc) is 2.53. The molecule has 0 unspecified atom stereocenters. The number of hydrogen-bond acceptors (Lipinski definition) is 2. The summed E-state index contributed by atoms with van der Waals surface area (Å²) in [7, 11) is 1.63. The number of carbonyl (C=O) groups is 1. The average molecular weight is 284 g/mol. The van der Waals surface area contributed by atoms with Crippen molar-refractivity contribution in [3.8, 4) is 5.75 Å². The third-order valence-corrected chi connectivity index (χ3v) is 3.23. The molecule has 0 heterocycles. The summed E-state index contributed by atoms with van der Waals surface area (Å²) in [6, 6.07) is 15.2. The lowest BCUT2D eigenvalue weighted by molar-refractivity contribution is 0.251. The molecule has 110 valence electrons. The van der Waals surface area contributed by atoms with Gasteiger partial charge < -0.3 is 15.4 Å². The molecule has 4 heteroatoms. The van der Waals surface area contributed by atoms with E-state index in [1.807, 2.05) is 48.5 Å². The Labute approximate surface area is 125 Å². The van der Waals surface area contributed by atoms with Crippen LogP contribution in [0.15, 0.2) is 48.5 Å². The van der Waals surface area contributed by atoms with E-state index in [1.165, 1.54) is 0 Å². The van der Waals surface area contributed by atoms with Crippen LogP contribution in [-0.2, 0) is 13.0 Å². The predicted octanol–water partition coefficient (Wildman–Crippen LogP) is 3.58. The predicted molar refractivity (Wildman–Crippen MR) is 84.7 cm³/mol. The van der Waals surface area contributed by atoms with Crippen molar-refractivity contribution < 1.29 is 9.53 Å². The van der Waals surface area contributed by atoms with Crippen LogP contribution in [0.3, 0.4) is 0 Å². The number of benzene rings is 2. The maximum absolute atomic E-state index is 12.0. The van der Waals surface area contributed by atoms with E-state index >= 15 is 0 Å². The number of hydrogen-bond donors (Lipinski definition) is 2. The molecule has 0 saturated heterocycles. The lowest BCUT2D eigenvalue weighted by Crippen LogP contribution is -2.28. The van der Waals surface area contributed by atoms with Crippen molar-refractivity contribution >= 4 is 11.7 Å². The van der Waals surface area contributed by atoms with Crippen molar-refractivity contribution in [3.63, 3.8) is 0 Å². The molecular formula is C17H20N2O2. The van der Waals surface area contributed by atoms with Gasteiger partial charge in [-0.05, 0) is 35.7 Å². The molecule has 0 aliphatic carbocycles. The van der Waals surface area contributed by atoms with Crippen LogP contribution in [0.4, 0.5) is 10.5 Å². The SMILES string of the molecule is CCc1ccccc1NC(=O)NCc1cccc(OC)c1. The Kier molecular flexibility index (Phi) is 5.21. The zero-order valence-electron chi connectivity index (χ0n) is 12.3. The van der Waals surface area contributed by atoms with Crippen LogP contribution in [-0.4, -0.2) is 13.1 Å². The van der Waals surface area contributed by atoms with Crippen LogP contribution in [0, 0.1) is 0 Å². The molecule has 2 N–H and O–H groups in total. The molecule has 0 fully saturated rings. The van der Waals surface area contributed by atoms with Crippen molar-refractivity contribution in [2.45, 2.75) is 19.9 Å². The Morgan fingerprint density at radius 2 is 1.95 bits per heavy atom. The van der Waals surface area contributed by atoms with Gasteiger partial charge in [0, 0.05) is 12.2 Å². The highest BCUT2D eigenvalue weighted by molar-refractivity contribution is 5.90. The number of methoxy groups -OCH3 is 1. The summed E-state index contributed by atoms with van der Waals surface area (Å²) in [4.78, 5) is 12.0. The standard InChI is InChI=1S/C17H20N2O2/c1-3-14-8-4-5-10-16(14)19-17(20)18-12-13-7-6-9-15(11-13)21-2/h4-11H,3,12H2,1-2H3,(H2,18,19,20). The molecule has 2 amide bonds. The van der Waals surface area contributed by atoms with Gasteiger partial charge in [0.2, 0.25) is 0 Å². The first-order valence-electron chi connectivity index (χ1n) is 6.98. The summed E-state index contributed by atoms with van der Waals surface area (Å²) in [6.07, 6.45) is 0.881. The van der Waals surface area contributed by atoms with Crippen LogP contribution in [0.5, 0.6) is 5.75 Å². The number of amides is 2. The molecule has 0 aromatic heterocycles. The number of urea groups is 1. The molecule has 2 rings (SSSR count). The topological polar surface area (TPSA) is 50.4 Å². The second-order valence-electron chi connectivity index (χ2n) is 4.67. The summed E-state index contributed by atoms with van der Waals surface area (Å²) in [5, 5.41) is 5.72. The first kappa shape index (κ1) is 14.9. The molecule has 21 heavy (non-hydrogen) atoms. The van der Waals surface area contributed by atoms with Crippen molar-refractivity contribution in [2.75, 3.05) is 12.4 Å². The van der Waals surface area contributed by atoms with Gasteiger partial charge in [-0.15, -0.1) is 0 Å². The Morgan fingerprint density at radius 1 is 1.14 bits per heavy atom. The van der Waals surface area contributed by atoms with Crippen LogP contribution in [0.2, 0.25) is 0 Å². The zero-order valence-corrected chi connectivity index (χ0v) is 12.3. The Hall–Kier alpha value is -2.49. The first-order valence-corrected chi connectivity index (χ1v) is 6.98. The molecule has 0 spiro atoms. The van der Waals surface area contributed by atoms with E-state index in [1.54, 1.807) is 7.11 Å². The van der Waals surface area contributed by atoms with Gasteiger partial charge in [0.1, 0.15) is 5.75 Å². The van der Waals surface area contributed by atoms with Crippen LogP contribution < -0.4 is 15.4 Å². The minimum absolute atomic E-state index is 0.210. The minimum Gasteiger partial charge on any atom is -0.497 e. The van der Waals surface area contributed by atoms with E-state index in [-0.39, 0.29) is 6.03 Å². The fourth-order valence-electron chi connectivity index (χ4n) is 2.08. The molecule has 0 saturated carbocycles. The van der Waals surface area contributed by atoms with Gasteiger partial charge in [-0.3, -0.25) is 0 Å². The Morgan fingerprint density at radius 3 is 2.71 bits per heavy atom. The van der Waals surface area contributed by atoms with E-state index < -0.39 is 0 Å². The van der Waals surface area contributed by atoms with E-state index in [0.29, 0.717) is 6.54 Å². The molecule has 0 aliphatic rings. The quantitative estimate of drug-likeness (QED) is 0.881. The molecule has 0 atom stereocenters. The van der Waals surface area contributed by atoms with Crippen molar-refractivity contribution in [1.82, 2.24) is 5.32 Å². The van der Waals surface area contributed by atoms with Crippen molar-refractivity contribution in [3.05, 3.63) is 59.7 Å². The minimum atomic E-state index is -0.210.